The highest BCUT2D eigenvalue weighted by atomic mass is 19.4. The van der Waals surface area contributed by atoms with Crippen LogP contribution in [0.4, 0.5) is 13.2 Å². The summed E-state index contributed by atoms with van der Waals surface area (Å²) in [6.07, 6.45) is -3.39. The quantitative estimate of drug-likeness (QED) is 0.874. The monoisotopic (exact) mass is 284 g/mol. The number of aromatic nitrogens is 2. The van der Waals surface area contributed by atoms with Crippen LogP contribution in [0.15, 0.2) is 41.4 Å². The Bertz CT molecular complexity index is 590. The molecular weight excluding hydrogens is 273 g/mol. The molecule has 0 aliphatic rings. The molecule has 0 radical (unpaired) electrons. The van der Waals surface area contributed by atoms with Crippen LogP contribution < -0.4 is 0 Å². The molecule has 2 aromatic rings. The van der Waals surface area contributed by atoms with Crippen molar-refractivity contribution in [1.29, 1.82) is 0 Å². The summed E-state index contributed by atoms with van der Waals surface area (Å²) < 4.78 is 41.1. The molecule has 1 aromatic carbocycles. The number of halogens is 3. The molecule has 0 bridgehead atoms. The lowest BCUT2D eigenvalue weighted by molar-refractivity contribution is -0.159. The molecule has 106 valence electrons. The van der Waals surface area contributed by atoms with Gasteiger partial charge in [-0.25, -0.2) is 0 Å². The van der Waals surface area contributed by atoms with Gasteiger partial charge in [-0.2, -0.15) is 18.2 Å². The maximum absolute atomic E-state index is 12.3. The predicted molar refractivity (Wildman–Crippen MR) is 64.5 cm³/mol. The fourth-order valence-electron chi connectivity index (χ4n) is 1.60. The van der Waals surface area contributed by atoms with E-state index in [1.807, 2.05) is 0 Å². The molecule has 0 spiro atoms. The first-order chi connectivity index (χ1) is 9.41. The predicted octanol–water partition coefficient (Wildman–Crippen LogP) is 3.36. The first kappa shape index (κ1) is 14.3. The van der Waals surface area contributed by atoms with Gasteiger partial charge in [-0.1, -0.05) is 35.5 Å². The van der Waals surface area contributed by atoms with Gasteiger partial charge in [0.05, 0.1) is 6.10 Å². The lowest BCUT2D eigenvalue weighted by Gasteiger charge is -2.08. The summed E-state index contributed by atoms with van der Waals surface area (Å²) in [7, 11) is 0. The van der Waals surface area contributed by atoms with Crippen LogP contribution in [0.3, 0.4) is 0 Å². The van der Waals surface area contributed by atoms with Gasteiger partial charge in [-0.05, 0) is 12.0 Å². The van der Waals surface area contributed by atoms with Crippen LogP contribution in [0.1, 0.15) is 24.0 Å². The van der Waals surface area contributed by atoms with Crippen molar-refractivity contribution in [2.24, 2.45) is 0 Å². The van der Waals surface area contributed by atoms with Gasteiger partial charge in [0.2, 0.25) is 5.82 Å². The summed E-state index contributed by atoms with van der Waals surface area (Å²) in [5.74, 6) is -1.54. The smallest absolute Gasteiger partial charge is 0.388 e. The van der Waals surface area contributed by atoms with Crippen molar-refractivity contribution in [2.45, 2.75) is 18.7 Å². The Kier molecular flexibility index (Phi) is 3.89. The van der Waals surface area contributed by atoms with E-state index in [4.69, 9.17) is 0 Å². The fourth-order valence-corrected chi connectivity index (χ4v) is 1.60. The van der Waals surface area contributed by atoms with Gasteiger partial charge in [0, 0.05) is 5.56 Å². The molecule has 4 nitrogen and oxygen atoms in total. The molecule has 0 saturated heterocycles. The van der Waals surface area contributed by atoms with Crippen molar-refractivity contribution in [3.05, 3.63) is 48.4 Å². The molecule has 0 saturated carbocycles. The third-order valence-corrected chi connectivity index (χ3v) is 2.61. The van der Waals surface area contributed by atoms with Crippen LogP contribution in [-0.4, -0.2) is 15.2 Å². The first-order valence-electron chi connectivity index (χ1n) is 5.72. The minimum absolute atomic E-state index is 0.151. The minimum atomic E-state index is -4.66. The summed E-state index contributed by atoms with van der Waals surface area (Å²) in [6.45, 7) is 3.52. The Labute approximate surface area is 112 Å². The molecule has 20 heavy (non-hydrogen) atoms. The highest BCUT2D eigenvalue weighted by molar-refractivity contribution is 5.54. The Morgan fingerprint density at radius 1 is 1.30 bits per heavy atom. The molecule has 2 rings (SSSR count). The van der Waals surface area contributed by atoms with Gasteiger partial charge in [-0.3, -0.25) is 0 Å². The summed E-state index contributed by atoms with van der Waals surface area (Å²) >= 11 is 0. The summed E-state index contributed by atoms with van der Waals surface area (Å²) in [4.78, 5) is 3.28. The molecule has 0 aliphatic carbocycles. The van der Waals surface area contributed by atoms with Gasteiger partial charge < -0.3 is 9.63 Å². The molecule has 1 heterocycles. The average Bonchev–Trinajstić information content (AvgIpc) is 2.89. The van der Waals surface area contributed by atoms with Gasteiger partial charge in [0.1, 0.15) is 0 Å². The van der Waals surface area contributed by atoms with E-state index in [2.05, 4.69) is 21.2 Å². The van der Waals surface area contributed by atoms with Crippen LogP contribution >= 0.6 is 0 Å². The van der Waals surface area contributed by atoms with Crippen molar-refractivity contribution in [3.8, 4) is 11.4 Å². The average molecular weight is 284 g/mol. The van der Waals surface area contributed by atoms with E-state index in [0.29, 0.717) is 17.5 Å². The zero-order valence-corrected chi connectivity index (χ0v) is 10.3. The van der Waals surface area contributed by atoms with E-state index in [1.165, 1.54) is 12.1 Å². The second kappa shape index (κ2) is 5.46. The Hall–Kier alpha value is -2.15. The SMILES string of the molecule is C=CCC(O)c1ccc(-c2noc(C(F)(F)F)n2)cc1. The van der Waals surface area contributed by atoms with Crippen molar-refractivity contribution in [2.75, 3.05) is 0 Å². The number of aliphatic hydroxyl groups is 1. The molecule has 1 aromatic heterocycles. The number of benzene rings is 1. The summed E-state index contributed by atoms with van der Waals surface area (Å²) in [6, 6.07) is 6.22. The molecule has 0 amide bonds. The van der Waals surface area contributed by atoms with E-state index in [-0.39, 0.29) is 5.82 Å². The first-order valence-corrected chi connectivity index (χ1v) is 5.72. The number of alkyl halides is 3. The topological polar surface area (TPSA) is 59.2 Å². The third-order valence-electron chi connectivity index (χ3n) is 2.61. The number of rotatable bonds is 4. The third kappa shape index (κ3) is 3.05. The fraction of sp³-hybridized carbons (Fsp3) is 0.231. The van der Waals surface area contributed by atoms with Crippen molar-refractivity contribution in [3.63, 3.8) is 0 Å². The maximum atomic E-state index is 12.3. The van der Waals surface area contributed by atoms with Crippen molar-refractivity contribution >= 4 is 0 Å². The second-order valence-corrected chi connectivity index (χ2v) is 4.08. The molecule has 7 heteroatoms. The second-order valence-electron chi connectivity index (χ2n) is 4.08. The number of hydrogen-bond donors (Lipinski definition) is 1. The highest BCUT2D eigenvalue weighted by Crippen LogP contribution is 2.29. The molecule has 1 N–H and O–H groups in total. The van der Waals surface area contributed by atoms with E-state index in [0.717, 1.165) is 0 Å². The van der Waals surface area contributed by atoms with E-state index < -0.39 is 18.2 Å². The summed E-state index contributed by atoms with van der Waals surface area (Å²) in [5, 5.41) is 13.0. The number of hydrogen-bond acceptors (Lipinski definition) is 4. The van der Waals surface area contributed by atoms with E-state index in [1.54, 1.807) is 18.2 Å². The van der Waals surface area contributed by atoms with E-state index >= 15 is 0 Å². The number of aliphatic hydroxyl groups excluding tert-OH is 1. The van der Waals surface area contributed by atoms with Crippen LogP contribution in [0.25, 0.3) is 11.4 Å². The normalized spacial score (nSPS) is 13.2. The largest absolute Gasteiger partial charge is 0.471 e. The lowest BCUT2D eigenvalue weighted by atomic mass is 10.0. The zero-order valence-electron chi connectivity index (χ0n) is 10.3. The number of nitrogens with zero attached hydrogens (tertiary/aromatic N) is 2. The van der Waals surface area contributed by atoms with Gasteiger partial charge in [0.25, 0.3) is 0 Å². The summed E-state index contributed by atoms with van der Waals surface area (Å²) in [5.41, 5.74) is 1.01. The van der Waals surface area contributed by atoms with Crippen molar-refractivity contribution < 1.29 is 22.8 Å². The Balaban J connectivity index is 2.22. The van der Waals surface area contributed by atoms with E-state index in [9.17, 15) is 18.3 Å². The van der Waals surface area contributed by atoms with Gasteiger partial charge in [-0.15, -0.1) is 6.58 Å². The molecule has 1 atom stereocenters. The Morgan fingerprint density at radius 2 is 1.95 bits per heavy atom. The zero-order chi connectivity index (χ0) is 14.8. The lowest BCUT2D eigenvalue weighted by Crippen LogP contribution is -2.04. The van der Waals surface area contributed by atoms with Gasteiger partial charge in [0.15, 0.2) is 0 Å². The Morgan fingerprint density at radius 3 is 2.45 bits per heavy atom. The maximum Gasteiger partial charge on any atom is 0.471 e. The highest BCUT2D eigenvalue weighted by Gasteiger charge is 2.38. The standard InChI is InChI=1S/C13H11F3N2O2/c1-2-3-10(19)8-4-6-9(7-5-8)11-17-12(20-18-11)13(14,15)16/h2,4-7,10,19H,1,3H2. The molecule has 1 unspecified atom stereocenters. The van der Waals surface area contributed by atoms with Gasteiger partial charge >= 0.3 is 12.1 Å². The van der Waals surface area contributed by atoms with Crippen LogP contribution in [0.5, 0.6) is 0 Å². The minimum Gasteiger partial charge on any atom is -0.388 e. The van der Waals surface area contributed by atoms with Crippen molar-refractivity contribution in [1.82, 2.24) is 10.1 Å². The van der Waals surface area contributed by atoms with Crippen LogP contribution in [0, 0.1) is 0 Å². The van der Waals surface area contributed by atoms with Crippen LogP contribution in [-0.2, 0) is 6.18 Å². The molecular formula is C13H11F3N2O2. The van der Waals surface area contributed by atoms with Crippen LogP contribution in [0.2, 0.25) is 0 Å². The molecule has 0 aliphatic heterocycles. The molecule has 0 fully saturated rings.